The lowest BCUT2D eigenvalue weighted by molar-refractivity contribution is -0.108. The lowest BCUT2D eigenvalue weighted by atomic mass is 10.2. The van der Waals surface area contributed by atoms with E-state index in [1.165, 1.54) is 12.0 Å². The summed E-state index contributed by atoms with van der Waals surface area (Å²) in [5.74, 6) is 0. The molecule has 0 aliphatic heterocycles. The Morgan fingerprint density at radius 3 is 2.65 bits per heavy atom. The Kier molecular flexibility index (Phi) is 6.81. The monoisotopic (exact) mass is 278 g/mol. The van der Waals surface area contributed by atoms with Crippen LogP contribution in [0.5, 0.6) is 0 Å². The number of carbonyl (C=O) groups excluding carboxylic acids is 2. The third kappa shape index (κ3) is 5.51. The molecule has 1 aromatic carbocycles. The highest BCUT2D eigenvalue weighted by Gasteiger charge is 2.15. The SMILES string of the molecule is CO/N=C(\C)CN(CC=O)C(=O)OCc1ccccc1. The molecule has 1 amide bonds. The average Bonchev–Trinajstić information content (AvgIpc) is 2.45. The normalized spacial score (nSPS) is 10.8. The van der Waals surface area contributed by atoms with E-state index in [-0.39, 0.29) is 19.7 Å². The fourth-order valence-corrected chi connectivity index (χ4v) is 1.57. The van der Waals surface area contributed by atoms with Gasteiger partial charge in [-0.3, -0.25) is 4.90 Å². The molecule has 0 bridgehead atoms. The molecule has 0 aliphatic carbocycles. The van der Waals surface area contributed by atoms with Crippen LogP contribution < -0.4 is 0 Å². The fourth-order valence-electron chi connectivity index (χ4n) is 1.57. The number of benzene rings is 1. The highest BCUT2D eigenvalue weighted by atomic mass is 16.6. The van der Waals surface area contributed by atoms with Gasteiger partial charge < -0.3 is 14.4 Å². The van der Waals surface area contributed by atoms with Crippen LogP contribution in [0.4, 0.5) is 4.79 Å². The van der Waals surface area contributed by atoms with Gasteiger partial charge in [0.1, 0.15) is 20.0 Å². The van der Waals surface area contributed by atoms with Gasteiger partial charge in [0.05, 0.1) is 18.8 Å². The molecule has 6 nitrogen and oxygen atoms in total. The molecule has 0 spiro atoms. The predicted octanol–water partition coefficient (Wildman–Crippen LogP) is 1.85. The van der Waals surface area contributed by atoms with Gasteiger partial charge in [0.15, 0.2) is 0 Å². The van der Waals surface area contributed by atoms with E-state index >= 15 is 0 Å². The number of rotatable bonds is 7. The minimum Gasteiger partial charge on any atom is -0.445 e. The van der Waals surface area contributed by atoms with E-state index in [0.717, 1.165) is 5.56 Å². The van der Waals surface area contributed by atoms with Crippen molar-refractivity contribution in [3.8, 4) is 0 Å². The second-order valence-electron chi connectivity index (χ2n) is 4.10. The minimum atomic E-state index is -0.563. The van der Waals surface area contributed by atoms with Gasteiger partial charge >= 0.3 is 6.09 Å². The molecule has 0 saturated carbocycles. The lowest BCUT2D eigenvalue weighted by Crippen LogP contribution is -2.36. The zero-order chi connectivity index (χ0) is 14.8. The van der Waals surface area contributed by atoms with Gasteiger partial charge in [-0.2, -0.15) is 0 Å². The Labute approximate surface area is 118 Å². The van der Waals surface area contributed by atoms with Gasteiger partial charge in [-0.25, -0.2) is 4.79 Å². The molecule has 0 unspecified atom stereocenters. The highest BCUT2D eigenvalue weighted by molar-refractivity contribution is 5.87. The summed E-state index contributed by atoms with van der Waals surface area (Å²) in [6.07, 6.45) is 0.0794. The largest absolute Gasteiger partial charge is 0.445 e. The standard InChI is InChI=1S/C14H18N2O4/c1-12(15-19-2)10-16(8-9-17)14(18)20-11-13-6-4-3-5-7-13/h3-7,9H,8,10-11H2,1-2H3/b15-12+. The Morgan fingerprint density at radius 1 is 1.35 bits per heavy atom. The van der Waals surface area contributed by atoms with E-state index in [0.29, 0.717) is 12.0 Å². The van der Waals surface area contributed by atoms with Crippen LogP contribution >= 0.6 is 0 Å². The summed E-state index contributed by atoms with van der Waals surface area (Å²) in [5, 5.41) is 3.70. The number of nitrogens with zero attached hydrogens (tertiary/aromatic N) is 2. The summed E-state index contributed by atoms with van der Waals surface area (Å²) in [6.45, 7) is 1.99. The van der Waals surface area contributed by atoms with Crippen LogP contribution in [0.2, 0.25) is 0 Å². The molecule has 1 aromatic rings. The third-order valence-corrected chi connectivity index (χ3v) is 2.43. The van der Waals surface area contributed by atoms with E-state index in [4.69, 9.17) is 4.74 Å². The maximum atomic E-state index is 11.9. The maximum Gasteiger partial charge on any atom is 0.410 e. The zero-order valence-electron chi connectivity index (χ0n) is 11.6. The molecule has 0 aromatic heterocycles. The van der Waals surface area contributed by atoms with E-state index in [1.807, 2.05) is 30.3 Å². The van der Waals surface area contributed by atoms with Crippen LogP contribution in [0.15, 0.2) is 35.5 Å². The molecule has 0 heterocycles. The summed E-state index contributed by atoms with van der Waals surface area (Å²) in [6, 6.07) is 9.32. The van der Waals surface area contributed by atoms with Crippen molar-refractivity contribution in [3.63, 3.8) is 0 Å². The number of amides is 1. The molecule has 0 fully saturated rings. The van der Waals surface area contributed by atoms with Crippen molar-refractivity contribution >= 4 is 18.1 Å². The van der Waals surface area contributed by atoms with Gasteiger partial charge in [-0.1, -0.05) is 35.5 Å². The van der Waals surface area contributed by atoms with E-state index in [9.17, 15) is 9.59 Å². The molecule has 0 radical (unpaired) electrons. The minimum absolute atomic E-state index is 0.0514. The van der Waals surface area contributed by atoms with Crippen LogP contribution in [0.1, 0.15) is 12.5 Å². The molecule has 0 aliphatic rings. The first-order valence-electron chi connectivity index (χ1n) is 6.13. The zero-order valence-corrected chi connectivity index (χ0v) is 11.6. The van der Waals surface area contributed by atoms with Crippen molar-refractivity contribution < 1.29 is 19.2 Å². The Hall–Kier alpha value is -2.37. The molecule has 20 heavy (non-hydrogen) atoms. The molecule has 1 rings (SSSR count). The van der Waals surface area contributed by atoms with Crippen molar-refractivity contribution in [2.75, 3.05) is 20.2 Å². The first-order chi connectivity index (χ1) is 9.67. The molecular formula is C14H18N2O4. The van der Waals surface area contributed by atoms with Crippen molar-refractivity contribution in [2.45, 2.75) is 13.5 Å². The quantitative estimate of drug-likeness (QED) is 0.433. The maximum absolute atomic E-state index is 11.9. The molecule has 6 heteroatoms. The van der Waals surface area contributed by atoms with Crippen molar-refractivity contribution in [3.05, 3.63) is 35.9 Å². The summed E-state index contributed by atoms with van der Waals surface area (Å²) in [7, 11) is 1.42. The first-order valence-corrected chi connectivity index (χ1v) is 6.13. The van der Waals surface area contributed by atoms with Crippen LogP contribution in [0, 0.1) is 0 Å². The average molecular weight is 278 g/mol. The number of hydrogen-bond donors (Lipinski definition) is 0. The summed E-state index contributed by atoms with van der Waals surface area (Å²) < 4.78 is 5.15. The second kappa shape index (κ2) is 8.68. The van der Waals surface area contributed by atoms with Crippen molar-refractivity contribution in [1.82, 2.24) is 4.90 Å². The molecule has 0 saturated heterocycles. The fraction of sp³-hybridized carbons (Fsp3) is 0.357. The van der Waals surface area contributed by atoms with Crippen LogP contribution in [0.25, 0.3) is 0 Å². The van der Waals surface area contributed by atoms with Gasteiger partial charge in [0, 0.05) is 0 Å². The number of oxime groups is 1. The summed E-state index contributed by atoms with van der Waals surface area (Å²) >= 11 is 0. The number of ether oxygens (including phenoxy) is 1. The Morgan fingerprint density at radius 2 is 2.05 bits per heavy atom. The van der Waals surface area contributed by atoms with Gasteiger partial charge in [-0.05, 0) is 12.5 Å². The molecular weight excluding hydrogens is 260 g/mol. The van der Waals surface area contributed by atoms with Crippen molar-refractivity contribution in [1.29, 1.82) is 0 Å². The van der Waals surface area contributed by atoms with Crippen LogP contribution in [0.3, 0.4) is 0 Å². The Balaban J connectivity index is 2.55. The smallest absolute Gasteiger partial charge is 0.410 e. The third-order valence-electron chi connectivity index (χ3n) is 2.43. The lowest BCUT2D eigenvalue weighted by Gasteiger charge is -2.19. The Bertz CT molecular complexity index is 460. The molecule has 0 N–H and O–H groups in total. The summed E-state index contributed by atoms with van der Waals surface area (Å²) in [5.41, 5.74) is 1.46. The van der Waals surface area contributed by atoms with Gasteiger partial charge in [0.25, 0.3) is 0 Å². The first kappa shape index (κ1) is 15.7. The van der Waals surface area contributed by atoms with Crippen LogP contribution in [-0.2, 0) is 21.0 Å². The molecule has 108 valence electrons. The highest BCUT2D eigenvalue weighted by Crippen LogP contribution is 2.03. The predicted molar refractivity (Wildman–Crippen MR) is 74.4 cm³/mol. The second-order valence-corrected chi connectivity index (χ2v) is 4.10. The van der Waals surface area contributed by atoms with E-state index < -0.39 is 6.09 Å². The number of aldehydes is 1. The van der Waals surface area contributed by atoms with Crippen LogP contribution in [-0.4, -0.2) is 43.2 Å². The summed E-state index contributed by atoms with van der Waals surface area (Å²) in [4.78, 5) is 28.4. The van der Waals surface area contributed by atoms with E-state index in [1.54, 1.807) is 6.92 Å². The molecule has 0 atom stereocenters. The topological polar surface area (TPSA) is 68.2 Å². The number of hydrogen-bond acceptors (Lipinski definition) is 5. The number of carbonyl (C=O) groups is 2. The van der Waals surface area contributed by atoms with E-state index in [2.05, 4.69) is 9.99 Å². The van der Waals surface area contributed by atoms with Crippen molar-refractivity contribution in [2.24, 2.45) is 5.16 Å². The van der Waals surface area contributed by atoms with Gasteiger partial charge in [-0.15, -0.1) is 0 Å². The van der Waals surface area contributed by atoms with Gasteiger partial charge in [0.2, 0.25) is 0 Å².